The van der Waals surface area contributed by atoms with Crippen LogP contribution in [0.1, 0.15) is 49.6 Å². The minimum Gasteiger partial charge on any atom is -0.480 e. The van der Waals surface area contributed by atoms with Crippen molar-refractivity contribution >= 4 is 11.9 Å². The molecule has 1 saturated carbocycles. The maximum Gasteiger partial charge on any atom is 0.326 e. The van der Waals surface area contributed by atoms with Gasteiger partial charge in [0.1, 0.15) is 11.7 Å². The van der Waals surface area contributed by atoms with Crippen LogP contribution in [0.25, 0.3) is 0 Å². The van der Waals surface area contributed by atoms with E-state index in [4.69, 9.17) is 0 Å². The Hall–Kier alpha value is -1.85. The summed E-state index contributed by atoms with van der Waals surface area (Å²) in [4.78, 5) is 25.7. The minimum atomic E-state index is -0.888. The number of aromatic nitrogens is 2. The van der Waals surface area contributed by atoms with E-state index in [-0.39, 0.29) is 17.9 Å². The highest BCUT2D eigenvalue weighted by atomic mass is 16.4. The number of aliphatic carboxylic acids is 1. The van der Waals surface area contributed by atoms with Crippen LogP contribution in [0.5, 0.6) is 0 Å². The fourth-order valence-electron chi connectivity index (χ4n) is 3.72. The number of carbonyl (C=O) groups excluding carboxylic acids is 1. The monoisotopic (exact) mass is 291 g/mol. The lowest BCUT2D eigenvalue weighted by Gasteiger charge is -2.23. The number of hydrogen-bond acceptors (Lipinski definition) is 3. The van der Waals surface area contributed by atoms with E-state index in [2.05, 4.69) is 5.10 Å². The van der Waals surface area contributed by atoms with Crippen molar-refractivity contribution in [2.24, 2.45) is 11.8 Å². The van der Waals surface area contributed by atoms with E-state index >= 15 is 0 Å². The fourth-order valence-corrected chi connectivity index (χ4v) is 3.72. The Labute approximate surface area is 123 Å². The Morgan fingerprint density at radius 3 is 2.76 bits per heavy atom. The summed E-state index contributed by atoms with van der Waals surface area (Å²) >= 11 is 0. The number of hydrogen-bond donors (Lipinski definition) is 1. The van der Waals surface area contributed by atoms with Crippen molar-refractivity contribution in [2.45, 2.75) is 45.2 Å². The third-order valence-corrected chi connectivity index (χ3v) is 4.76. The number of carbonyl (C=O) groups is 2. The van der Waals surface area contributed by atoms with Crippen LogP contribution in [0, 0.1) is 11.8 Å². The van der Waals surface area contributed by atoms with Gasteiger partial charge in [-0.05, 0) is 44.6 Å². The Kier molecular flexibility index (Phi) is 3.47. The van der Waals surface area contributed by atoms with Crippen molar-refractivity contribution in [2.75, 3.05) is 6.54 Å². The smallest absolute Gasteiger partial charge is 0.326 e. The first kappa shape index (κ1) is 14.1. The maximum atomic E-state index is 12.6. The van der Waals surface area contributed by atoms with Gasteiger partial charge >= 0.3 is 5.97 Å². The molecule has 3 atom stereocenters. The number of carboxylic acids is 1. The molecule has 1 aromatic rings. The van der Waals surface area contributed by atoms with Crippen LogP contribution in [-0.2, 0) is 4.79 Å². The second kappa shape index (κ2) is 5.16. The molecule has 0 bridgehead atoms. The van der Waals surface area contributed by atoms with Crippen molar-refractivity contribution in [3.8, 4) is 0 Å². The van der Waals surface area contributed by atoms with E-state index in [1.165, 1.54) is 4.90 Å². The SMILES string of the molecule is CC(C)n1ccc(C(=O)N2CC3CCCC3C2C(=O)O)n1. The number of nitrogens with zero attached hydrogens (tertiary/aromatic N) is 3. The van der Waals surface area contributed by atoms with E-state index in [0.717, 1.165) is 19.3 Å². The molecule has 6 nitrogen and oxygen atoms in total. The number of rotatable bonds is 3. The summed E-state index contributed by atoms with van der Waals surface area (Å²) in [5.74, 6) is -0.696. The molecule has 1 aliphatic carbocycles. The molecule has 114 valence electrons. The highest BCUT2D eigenvalue weighted by Crippen LogP contribution is 2.42. The molecule has 3 unspecified atom stereocenters. The quantitative estimate of drug-likeness (QED) is 0.921. The Balaban J connectivity index is 1.84. The minimum absolute atomic E-state index is 0.110. The Morgan fingerprint density at radius 2 is 2.14 bits per heavy atom. The van der Waals surface area contributed by atoms with E-state index in [1.807, 2.05) is 13.8 Å². The van der Waals surface area contributed by atoms with E-state index in [9.17, 15) is 14.7 Å². The Morgan fingerprint density at radius 1 is 1.38 bits per heavy atom. The molecule has 3 rings (SSSR count). The average Bonchev–Trinajstić information content (AvgIpc) is 3.11. The molecule has 1 N–H and O–H groups in total. The highest BCUT2D eigenvalue weighted by Gasteiger charge is 2.49. The van der Waals surface area contributed by atoms with Crippen LogP contribution >= 0.6 is 0 Å². The summed E-state index contributed by atoms with van der Waals surface area (Å²) in [5.41, 5.74) is 0.343. The summed E-state index contributed by atoms with van der Waals surface area (Å²) < 4.78 is 1.72. The zero-order valence-corrected chi connectivity index (χ0v) is 12.4. The van der Waals surface area contributed by atoms with Crippen molar-refractivity contribution in [3.63, 3.8) is 0 Å². The molecule has 0 radical (unpaired) electrons. The summed E-state index contributed by atoms with van der Waals surface area (Å²) in [5, 5.41) is 13.8. The zero-order valence-electron chi connectivity index (χ0n) is 12.4. The van der Waals surface area contributed by atoms with Crippen molar-refractivity contribution in [1.82, 2.24) is 14.7 Å². The maximum absolute atomic E-state index is 12.6. The molecule has 1 saturated heterocycles. The summed E-state index contributed by atoms with van der Waals surface area (Å²) in [7, 11) is 0. The van der Waals surface area contributed by atoms with Gasteiger partial charge in [0.25, 0.3) is 5.91 Å². The largest absolute Gasteiger partial charge is 0.480 e. The van der Waals surface area contributed by atoms with Gasteiger partial charge in [0.2, 0.25) is 0 Å². The Bertz CT molecular complexity index is 566. The first-order chi connectivity index (χ1) is 9.99. The molecule has 1 aromatic heterocycles. The van der Waals surface area contributed by atoms with Gasteiger partial charge in [-0.1, -0.05) is 6.42 Å². The first-order valence-electron chi connectivity index (χ1n) is 7.58. The van der Waals surface area contributed by atoms with Crippen LogP contribution in [0.4, 0.5) is 0 Å². The topological polar surface area (TPSA) is 75.4 Å². The van der Waals surface area contributed by atoms with Gasteiger partial charge in [0.05, 0.1) is 0 Å². The summed E-state index contributed by atoms with van der Waals surface area (Å²) in [6, 6.07) is 1.17. The molecule has 0 aromatic carbocycles. The second-order valence-corrected chi connectivity index (χ2v) is 6.37. The van der Waals surface area contributed by atoms with E-state index in [1.54, 1.807) is 16.9 Å². The lowest BCUT2D eigenvalue weighted by Crippen LogP contribution is -2.43. The molecule has 21 heavy (non-hydrogen) atoms. The standard InChI is InChI=1S/C15H21N3O3/c1-9(2)18-7-6-12(16-18)14(19)17-8-10-4-3-5-11(10)13(17)15(20)21/h6-7,9-11,13H,3-5,8H2,1-2H3,(H,20,21). The highest BCUT2D eigenvalue weighted by molar-refractivity contribution is 5.95. The predicted molar refractivity (Wildman–Crippen MR) is 75.9 cm³/mol. The van der Waals surface area contributed by atoms with E-state index < -0.39 is 12.0 Å². The van der Waals surface area contributed by atoms with E-state index in [0.29, 0.717) is 18.2 Å². The number of carboxylic acid groups (broad SMARTS) is 1. The van der Waals surface area contributed by atoms with Gasteiger partial charge in [-0.25, -0.2) is 4.79 Å². The molecule has 0 spiro atoms. The van der Waals surface area contributed by atoms with Gasteiger partial charge in [-0.3, -0.25) is 9.48 Å². The average molecular weight is 291 g/mol. The third kappa shape index (κ3) is 2.32. The lowest BCUT2D eigenvalue weighted by molar-refractivity contribution is -0.142. The van der Waals surface area contributed by atoms with Gasteiger partial charge in [0, 0.05) is 18.8 Å². The fraction of sp³-hybridized carbons (Fsp3) is 0.667. The normalized spacial score (nSPS) is 28.1. The van der Waals surface area contributed by atoms with Crippen molar-refractivity contribution in [3.05, 3.63) is 18.0 Å². The van der Waals surface area contributed by atoms with Gasteiger partial charge in [0.15, 0.2) is 0 Å². The number of likely N-dealkylation sites (tertiary alicyclic amines) is 1. The van der Waals surface area contributed by atoms with Crippen LogP contribution in [0.15, 0.2) is 12.3 Å². The first-order valence-corrected chi connectivity index (χ1v) is 7.58. The summed E-state index contributed by atoms with van der Waals surface area (Å²) in [6.07, 6.45) is 4.78. The molecule has 2 fully saturated rings. The van der Waals surface area contributed by atoms with Crippen molar-refractivity contribution < 1.29 is 14.7 Å². The second-order valence-electron chi connectivity index (χ2n) is 6.37. The lowest BCUT2D eigenvalue weighted by atomic mass is 9.94. The number of amides is 1. The van der Waals surface area contributed by atoms with Crippen LogP contribution in [0.2, 0.25) is 0 Å². The van der Waals surface area contributed by atoms with Crippen molar-refractivity contribution in [1.29, 1.82) is 0 Å². The van der Waals surface area contributed by atoms with Crippen LogP contribution in [-0.4, -0.2) is 44.3 Å². The van der Waals surface area contributed by atoms with Gasteiger partial charge in [-0.2, -0.15) is 5.10 Å². The van der Waals surface area contributed by atoms with Crippen LogP contribution < -0.4 is 0 Å². The molecule has 1 aliphatic heterocycles. The molecular weight excluding hydrogens is 270 g/mol. The summed E-state index contributed by atoms with van der Waals surface area (Å²) in [6.45, 7) is 4.53. The third-order valence-electron chi connectivity index (χ3n) is 4.76. The molecule has 1 amide bonds. The molecule has 2 heterocycles. The molecule has 2 aliphatic rings. The zero-order chi connectivity index (χ0) is 15.1. The number of fused-ring (bicyclic) bond motifs is 1. The van der Waals surface area contributed by atoms with Crippen LogP contribution in [0.3, 0.4) is 0 Å². The molecular formula is C15H21N3O3. The molecule has 6 heteroatoms. The predicted octanol–water partition coefficient (Wildman–Crippen LogP) is 1.79. The van der Waals surface area contributed by atoms with Gasteiger partial charge < -0.3 is 10.0 Å². The van der Waals surface area contributed by atoms with Gasteiger partial charge in [-0.15, -0.1) is 0 Å².